The van der Waals surface area contributed by atoms with Gasteiger partial charge in [-0.1, -0.05) is 4.74 Å². The SMILES string of the molecule is Cc1ncc(COc2cc(OC(F)(F)F)ccc2O[P+]([O-])=N[C@@H](C)C(=O)OC(C)C)c(C=O)c1O. The van der Waals surface area contributed by atoms with Crippen LogP contribution in [0.15, 0.2) is 29.1 Å². The number of nitrogens with zero attached hydrogens (tertiary/aromatic N) is 2. The summed E-state index contributed by atoms with van der Waals surface area (Å²) in [5.41, 5.74) is 0.181. The Labute approximate surface area is 199 Å². The largest absolute Gasteiger partial charge is 0.575 e. The summed E-state index contributed by atoms with van der Waals surface area (Å²) in [7, 11) is -2.87. The third-order valence-corrected chi connectivity index (χ3v) is 5.03. The van der Waals surface area contributed by atoms with Crippen LogP contribution < -0.4 is 18.9 Å². The molecule has 1 unspecified atom stereocenters. The molecule has 1 N–H and O–H groups in total. The summed E-state index contributed by atoms with van der Waals surface area (Å²) in [5.74, 6) is -2.42. The summed E-state index contributed by atoms with van der Waals surface area (Å²) in [4.78, 5) is 39.4. The summed E-state index contributed by atoms with van der Waals surface area (Å²) in [5, 5.41) is 10.00. The van der Waals surface area contributed by atoms with E-state index in [2.05, 4.69) is 14.5 Å². The zero-order valence-corrected chi connectivity index (χ0v) is 19.9. The predicted molar refractivity (Wildman–Crippen MR) is 114 cm³/mol. The van der Waals surface area contributed by atoms with E-state index in [4.69, 9.17) is 14.0 Å². The summed E-state index contributed by atoms with van der Waals surface area (Å²) in [6.07, 6.45) is -3.81. The van der Waals surface area contributed by atoms with Gasteiger partial charge in [0.05, 0.1) is 17.4 Å². The standard InChI is InChI=1S/C21H22F3N2O8P/c1-11(2)32-20(29)13(4)26-35(30)34-17-6-5-15(33-21(22,23)24)7-18(17)31-10-14-8-25-12(3)19(28)16(14)9-27/h5-9,11,13,28H,10H2,1-4H3/t13-/m0/s1. The summed E-state index contributed by atoms with van der Waals surface area (Å²) >= 11 is 0. The predicted octanol–water partition coefficient (Wildman–Crippen LogP) is 3.96. The molecule has 0 amide bonds. The van der Waals surface area contributed by atoms with Crippen LogP contribution >= 0.6 is 8.17 Å². The van der Waals surface area contributed by atoms with E-state index >= 15 is 0 Å². The van der Waals surface area contributed by atoms with Gasteiger partial charge in [-0.15, -0.1) is 13.2 Å². The van der Waals surface area contributed by atoms with Crippen LogP contribution in [0.1, 0.15) is 42.4 Å². The number of alkyl halides is 3. The van der Waals surface area contributed by atoms with Gasteiger partial charge in [0.1, 0.15) is 18.1 Å². The summed E-state index contributed by atoms with van der Waals surface area (Å²) in [6.45, 7) is 5.61. The average Bonchev–Trinajstić information content (AvgIpc) is 2.74. The van der Waals surface area contributed by atoms with E-state index in [1.54, 1.807) is 13.8 Å². The highest BCUT2D eigenvalue weighted by molar-refractivity contribution is 7.34. The first-order valence-corrected chi connectivity index (χ1v) is 11.2. The van der Waals surface area contributed by atoms with Crippen molar-refractivity contribution in [3.8, 4) is 23.0 Å². The van der Waals surface area contributed by atoms with E-state index in [1.807, 2.05) is 0 Å². The maximum atomic E-state index is 12.7. The van der Waals surface area contributed by atoms with E-state index < -0.39 is 45.0 Å². The molecule has 0 bridgehead atoms. The summed E-state index contributed by atoms with van der Waals surface area (Å²) < 4.78 is 61.1. The molecule has 0 aliphatic rings. The highest BCUT2D eigenvalue weighted by Crippen LogP contribution is 2.38. The number of aromatic hydroxyl groups is 1. The normalized spacial score (nSPS) is 12.8. The van der Waals surface area contributed by atoms with Gasteiger partial charge in [0, 0.05) is 17.8 Å². The molecule has 2 atom stereocenters. The van der Waals surface area contributed by atoms with Crippen molar-refractivity contribution in [2.45, 2.75) is 52.8 Å². The molecule has 14 heteroatoms. The van der Waals surface area contributed by atoms with E-state index in [1.165, 1.54) is 20.0 Å². The number of hydrogen-bond acceptors (Lipinski definition) is 10. The van der Waals surface area contributed by atoms with Crippen LogP contribution in [0, 0.1) is 6.92 Å². The third kappa shape index (κ3) is 8.37. The van der Waals surface area contributed by atoms with E-state index in [9.17, 15) is 32.8 Å². The fraction of sp³-hybridized carbons (Fsp3) is 0.381. The Kier molecular flexibility index (Phi) is 9.38. The molecule has 190 valence electrons. The van der Waals surface area contributed by atoms with Crippen LogP contribution in [-0.2, 0) is 16.1 Å². The molecule has 1 heterocycles. The first-order valence-electron chi connectivity index (χ1n) is 10.0. The number of esters is 1. The second-order valence-corrected chi connectivity index (χ2v) is 8.19. The zero-order valence-electron chi connectivity index (χ0n) is 19.0. The molecule has 0 fully saturated rings. The molecule has 2 rings (SSSR count). The molecular formula is C21H22F3N2O8P. The minimum absolute atomic E-state index is 0.121. The van der Waals surface area contributed by atoms with Gasteiger partial charge in [-0.25, -0.2) is 4.79 Å². The lowest BCUT2D eigenvalue weighted by molar-refractivity contribution is -0.274. The Balaban J connectivity index is 2.33. The first kappa shape index (κ1) is 27.8. The van der Waals surface area contributed by atoms with Gasteiger partial charge >= 0.3 is 20.5 Å². The van der Waals surface area contributed by atoms with Crippen molar-refractivity contribution in [1.29, 1.82) is 0 Å². The van der Waals surface area contributed by atoms with Crippen molar-refractivity contribution in [2.75, 3.05) is 0 Å². The number of rotatable bonds is 10. The van der Waals surface area contributed by atoms with Crippen LogP contribution in [0.5, 0.6) is 23.0 Å². The quantitative estimate of drug-likeness (QED) is 0.281. The lowest BCUT2D eigenvalue weighted by Gasteiger charge is -2.14. The van der Waals surface area contributed by atoms with Gasteiger partial charge in [0.15, 0.2) is 18.1 Å². The highest BCUT2D eigenvalue weighted by Gasteiger charge is 2.32. The maximum absolute atomic E-state index is 12.7. The molecule has 0 saturated heterocycles. The lowest BCUT2D eigenvalue weighted by Crippen LogP contribution is -2.21. The van der Waals surface area contributed by atoms with Gasteiger partial charge in [0.25, 0.3) is 0 Å². The molecule has 0 aliphatic carbocycles. The number of aldehydes is 1. The second-order valence-electron chi connectivity index (χ2n) is 7.30. The van der Waals surface area contributed by atoms with Crippen LogP contribution in [-0.4, -0.2) is 40.9 Å². The van der Waals surface area contributed by atoms with E-state index in [-0.39, 0.29) is 34.1 Å². The number of pyridine rings is 1. The van der Waals surface area contributed by atoms with Crippen LogP contribution in [0.2, 0.25) is 0 Å². The van der Waals surface area contributed by atoms with Gasteiger partial charge in [-0.05, 0) is 39.8 Å². The molecule has 0 spiro atoms. The molecule has 10 nitrogen and oxygen atoms in total. The van der Waals surface area contributed by atoms with Crippen LogP contribution in [0.25, 0.3) is 0 Å². The number of benzene rings is 1. The molecule has 0 saturated carbocycles. The van der Waals surface area contributed by atoms with Crippen molar-refractivity contribution in [3.63, 3.8) is 0 Å². The minimum atomic E-state index is -5.00. The number of carbonyl (C=O) groups is 2. The van der Waals surface area contributed by atoms with Crippen LogP contribution in [0.4, 0.5) is 13.2 Å². The molecule has 1 aromatic heterocycles. The van der Waals surface area contributed by atoms with Crippen molar-refractivity contribution in [3.05, 3.63) is 41.2 Å². The Morgan fingerprint density at radius 3 is 2.57 bits per heavy atom. The van der Waals surface area contributed by atoms with Crippen molar-refractivity contribution < 1.29 is 51.5 Å². The fourth-order valence-corrected chi connectivity index (χ4v) is 3.30. The molecule has 0 radical (unpaired) electrons. The Morgan fingerprint density at radius 1 is 1.29 bits per heavy atom. The average molecular weight is 518 g/mol. The minimum Gasteiger partial charge on any atom is -0.575 e. The second kappa shape index (κ2) is 11.8. The van der Waals surface area contributed by atoms with Crippen molar-refractivity contribution in [2.24, 2.45) is 4.74 Å². The Bertz CT molecular complexity index is 1110. The van der Waals surface area contributed by atoms with Gasteiger partial charge < -0.3 is 24.2 Å². The van der Waals surface area contributed by atoms with E-state index in [0.29, 0.717) is 6.29 Å². The number of carbonyl (C=O) groups excluding carboxylic acids is 2. The Hall–Kier alpha value is -3.44. The molecule has 0 aliphatic heterocycles. The number of hydrogen-bond donors (Lipinski definition) is 1. The summed E-state index contributed by atoms with van der Waals surface area (Å²) in [6, 6.07) is 1.58. The van der Waals surface area contributed by atoms with Crippen LogP contribution in [0.3, 0.4) is 0 Å². The zero-order chi connectivity index (χ0) is 26.3. The Morgan fingerprint density at radius 2 is 1.97 bits per heavy atom. The molecular weight excluding hydrogens is 496 g/mol. The van der Waals surface area contributed by atoms with E-state index in [0.717, 1.165) is 18.2 Å². The number of aromatic nitrogens is 1. The number of aryl methyl sites for hydroxylation is 1. The molecule has 35 heavy (non-hydrogen) atoms. The van der Waals surface area contributed by atoms with Crippen molar-refractivity contribution in [1.82, 2.24) is 4.98 Å². The first-order chi connectivity index (χ1) is 16.3. The molecule has 2 aromatic rings. The number of halogens is 3. The van der Waals surface area contributed by atoms with Crippen molar-refractivity contribution >= 4 is 20.4 Å². The van der Waals surface area contributed by atoms with Gasteiger partial charge in [-0.3, -0.25) is 14.3 Å². The highest BCUT2D eigenvalue weighted by atomic mass is 31.1. The topological polar surface area (TPSA) is 140 Å². The molecule has 1 aromatic carbocycles. The third-order valence-electron chi connectivity index (χ3n) is 4.14. The monoisotopic (exact) mass is 518 g/mol. The fourth-order valence-electron chi connectivity index (χ4n) is 2.56. The maximum Gasteiger partial charge on any atom is 0.573 e. The number of ether oxygens (including phenoxy) is 3. The smallest absolute Gasteiger partial charge is 0.573 e. The lowest BCUT2D eigenvalue weighted by atomic mass is 10.1. The van der Waals surface area contributed by atoms with Gasteiger partial charge in [0.2, 0.25) is 5.75 Å². The van der Waals surface area contributed by atoms with Gasteiger partial charge in [-0.2, -0.15) is 0 Å².